The van der Waals surface area contributed by atoms with Gasteiger partial charge in [0, 0.05) is 11.8 Å². The fourth-order valence-corrected chi connectivity index (χ4v) is 1.33. The first kappa shape index (κ1) is 15.2. The highest BCUT2D eigenvalue weighted by molar-refractivity contribution is 5.79. The zero-order valence-electron chi connectivity index (χ0n) is 9.68. The number of aliphatic hydroxyl groups excluding tert-OH is 2. The lowest BCUT2D eigenvalue weighted by Gasteiger charge is -2.17. The second-order valence-electron chi connectivity index (χ2n) is 3.62. The monoisotopic (exact) mass is 280 g/mol. The van der Waals surface area contributed by atoms with E-state index in [1.165, 1.54) is 0 Å². The average molecular weight is 280 g/mol. The highest BCUT2D eigenvalue weighted by Gasteiger charge is 2.36. The number of nitrogens with two attached hydrogens (primary N) is 1. The minimum Gasteiger partial charge on any atom is -0.481 e. The lowest BCUT2D eigenvalue weighted by Crippen LogP contribution is -2.34. The summed E-state index contributed by atoms with van der Waals surface area (Å²) in [6, 6.07) is 0.530. The number of rotatable bonds is 4. The van der Waals surface area contributed by atoms with Gasteiger partial charge in [-0.05, 0) is 6.07 Å². The SMILES string of the molecule is COc1ncc(C(O)C(O)C(N)=O)cc1C(F)(F)F. The molecular formula is C10H11F3N2O4. The number of carbonyl (C=O) groups excluding carboxylic acids is 1. The third kappa shape index (κ3) is 3.32. The Morgan fingerprint density at radius 3 is 2.47 bits per heavy atom. The van der Waals surface area contributed by atoms with Gasteiger partial charge in [-0.15, -0.1) is 0 Å². The molecule has 2 atom stereocenters. The van der Waals surface area contributed by atoms with E-state index in [-0.39, 0.29) is 0 Å². The van der Waals surface area contributed by atoms with Crippen LogP contribution in [0.4, 0.5) is 13.2 Å². The zero-order valence-corrected chi connectivity index (χ0v) is 9.68. The molecule has 19 heavy (non-hydrogen) atoms. The predicted molar refractivity (Wildman–Crippen MR) is 56.0 cm³/mol. The van der Waals surface area contributed by atoms with E-state index >= 15 is 0 Å². The third-order valence-electron chi connectivity index (χ3n) is 2.30. The van der Waals surface area contributed by atoms with Crippen LogP contribution in [0.1, 0.15) is 17.2 Å². The van der Waals surface area contributed by atoms with Crippen molar-refractivity contribution in [3.63, 3.8) is 0 Å². The molecule has 0 aliphatic rings. The summed E-state index contributed by atoms with van der Waals surface area (Å²) >= 11 is 0. The van der Waals surface area contributed by atoms with Gasteiger partial charge >= 0.3 is 6.18 Å². The molecular weight excluding hydrogens is 269 g/mol. The Kier molecular flexibility index (Phi) is 4.32. The van der Waals surface area contributed by atoms with Crippen molar-refractivity contribution in [1.82, 2.24) is 4.98 Å². The first-order valence-corrected chi connectivity index (χ1v) is 4.95. The third-order valence-corrected chi connectivity index (χ3v) is 2.30. The van der Waals surface area contributed by atoms with Gasteiger partial charge in [-0.25, -0.2) is 4.98 Å². The molecule has 1 rings (SSSR count). The Morgan fingerprint density at radius 2 is 2.05 bits per heavy atom. The fraction of sp³-hybridized carbons (Fsp3) is 0.400. The number of primary amides is 1. The molecule has 0 aromatic carbocycles. The topological polar surface area (TPSA) is 106 Å². The van der Waals surface area contributed by atoms with Gasteiger partial charge in [-0.1, -0.05) is 0 Å². The molecule has 0 saturated carbocycles. The molecule has 106 valence electrons. The summed E-state index contributed by atoms with van der Waals surface area (Å²) in [6.45, 7) is 0. The van der Waals surface area contributed by atoms with E-state index in [0.717, 1.165) is 13.3 Å². The summed E-state index contributed by atoms with van der Waals surface area (Å²) in [6.07, 6.45) is -7.84. The minimum absolute atomic E-state index is 0.403. The van der Waals surface area contributed by atoms with Crippen molar-refractivity contribution in [3.05, 3.63) is 23.4 Å². The van der Waals surface area contributed by atoms with Gasteiger partial charge in [0.05, 0.1) is 7.11 Å². The number of nitrogens with zero attached hydrogens (tertiary/aromatic N) is 1. The minimum atomic E-state index is -4.76. The van der Waals surface area contributed by atoms with Crippen molar-refractivity contribution in [2.75, 3.05) is 7.11 Å². The number of halogens is 3. The van der Waals surface area contributed by atoms with Gasteiger partial charge < -0.3 is 20.7 Å². The average Bonchev–Trinajstić information content (AvgIpc) is 2.35. The Hall–Kier alpha value is -1.87. The Balaban J connectivity index is 3.22. The number of aromatic nitrogens is 1. The van der Waals surface area contributed by atoms with Crippen molar-refractivity contribution in [3.8, 4) is 5.88 Å². The van der Waals surface area contributed by atoms with E-state index in [0.29, 0.717) is 6.07 Å². The maximum Gasteiger partial charge on any atom is 0.421 e. The summed E-state index contributed by atoms with van der Waals surface area (Å²) in [4.78, 5) is 14.0. The number of amides is 1. The van der Waals surface area contributed by atoms with Crippen molar-refractivity contribution in [2.45, 2.75) is 18.4 Å². The van der Waals surface area contributed by atoms with Crippen molar-refractivity contribution in [2.24, 2.45) is 5.73 Å². The molecule has 4 N–H and O–H groups in total. The molecule has 1 heterocycles. The molecule has 6 nitrogen and oxygen atoms in total. The van der Waals surface area contributed by atoms with Crippen LogP contribution in [0.5, 0.6) is 5.88 Å². The van der Waals surface area contributed by atoms with E-state index in [2.05, 4.69) is 9.72 Å². The second-order valence-corrected chi connectivity index (χ2v) is 3.62. The number of hydrogen-bond acceptors (Lipinski definition) is 5. The molecule has 9 heteroatoms. The van der Waals surface area contributed by atoms with Crippen LogP contribution < -0.4 is 10.5 Å². The predicted octanol–water partition coefficient (Wildman–Crippen LogP) is -0.0114. The van der Waals surface area contributed by atoms with Crippen LogP contribution in [-0.2, 0) is 11.0 Å². The smallest absolute Gasteiger partial charge is 0.421 e. The Bertz CT molecular complexity index is 478. The lowest BCUT2D eigenvalue weighted by atomic mass is 10.0. The number of carbonyl (C=O) groups is 1. The van der Waals surface area contributed by atoms with Crippen LogP contribution in [0.15, 0.2) is 12.3 Å². The normalized spacial score (nSPS) is 14.8. The second kappa shape index (κ2) is 5.41. The fourth-order valence-electron chi connectivity index (χ4n) is 1.33. The molecule has 1 aromatic heterocycles. The molecule has 1 aromatic rings. The van der Waals surface area contributed by atoms with Crippen LogP contribution in [0.3, 0.4) is 0 Å². The van der Waals surface area contributed by atoms with Gasteiger partial charge in [0.1, 0.15) is 11.7 Å². The Labute approximate surface area is 105 Å². The van der Waals surface area contributed by atoms with E-state index in [1.54, 1.807) is 0 Å². The molecule has 1 amide bonds. The van der Waals surface area contributed by atoms with Crippen LogP contribution in [-0.4, -0.2) is 34.3 Å². The van der Waals surface area contributed by atoms with E-state index in [4.69, 9.17) is 5.73 Å². The summed E-state index contributed by atoms with van der Waals surface area (Å²) in [5, 5.41) is 18.7. The standard InChI is InChI=1S/C10H11F3N2O4/c1-19-9-5(10(11,12)13)2-4(3-15-9)6(16)7(17)8(14)18/h2-3,6-7,16-17H,1H3,(H2,14,18). The van der Waals surface area contributed by atoms with Crippen LogP contribution >= 0.6 is 0 Å². The van der Waals surface area contributed by atoms with Crippen LogP contribution in [0.25, 0.3) is 0 Å². The molecule has 0 aliphatic carbocycles. The largest absolute Gasteiger partial charge is 0.481 e. The number of alkyl halides is 3. The highest BCUT2D eigenvalue weighted by atomic mass is 19.4. The zero-order chi connectivity index (χ0) is 14.8. The number of methoxy groups -OCH3 is 1. The van der Waals surface area contributed by atoms with Crippen molar-refractivity contribution < 1.29 is 32.9 Å². The quantitative estimate of drug-likeness (QED) is 0.719. The summed E-state index contributed by atoms with van der Waals surface area (Å²) in [7, 11) is 1.01. The first-order chi connectivity index (χ1) is 8.68. The molecule has 0 aliphatic heterocycles. The number of pyridine rings is 1. The maximum absolute atomic E-state index is 12.7. The number of ether oxygens (including phenoxy) is 1. The summed E-state index contributed by atoms with van der Waals surface area (Å²) in [5.41, 5.74) is 3.10. The highest BCUT2D eigenvalue weighted by Crippen LogP contribution is 2.36. The van der Waals surface area contributed by atoms with Gasteiger partial charge in [-0.2, -0.15) is 13.2 Å². The van der Waals surface area contributed by atoms with E-state index in [1.807, 2.05) is 0 Å². The Morgan fingerprint density at radius 1 is 1.47 bits per heavy atom. The molecule has 2 unspecified atom stereocenters. The van der Waals surface area contributed by atoms with Gasteiger partial charge in [0.25, 0.3) is 0 Å². The molecule has 0 fully saturated rings. The van der Waals surface area contributed by atoms with E-state index in [9.17, 15) is 28.2 Å². The molecule has 0 saturated heterocycles. The maximum atomic E-state index is 12.7. The summed E-state index contributed by atoms with van der Waals surface area (Å²) < 4.78 is 42.5. The first-order valence-electron chi connectivity index (χ1n) is 4.95. The number of hydrogen-bond donors (Lipinski definition) is 3. The molecule has 0 radical (unpaired) electrons. The number of aliphatic hydroxyl groups is 2. The van der Waals surface area contributed by atoms with Gasteiger partial charge in [-0.3, -0.25) is 4.79 Å². The van der Waals surface area contributed by atoms with Crippen molar-refractivity contribution in [1.29, 1.82) is 0 Å². The van der Waals surface area contributed by atoms with Crippen LogP contribution in [0, 0.1) is 0 Å². The molecule has 0 spiro atoms. The van der Waals surface area contributed by atoms with Gasteiger partial charge in [0.15, 0.2) is 6.10 Å². The summed E-state index contributed by atoms with van der Waals surface area (Å²) in [5.74, 6) is -1.95. The molecule has 0 bridgehead atoms. The van der Waals surface area contributed by atoms with Crippen molar-refractivity contribution >= 4 is 5.91 Å². The van der Waals surface area contributed by atoms with E-state index < -0.39 is 41.3 Å². The van der Waals surface area contributed by atoms with Crippen LogP contribution in [0.2, 0.25) is 0 Å². The van der Waals surface area contributed by atoms with Gasteiger partial charge in [0.2, 0.25) is 11.8 Å². The lowest BCUT2D eigenvalue weighted by molar-refractivity contribution is -0.139.